The molecule has 0 amide bonds. The van der Waals surface area contributed by atoms with Crippen LogP contribution in [0.2, 0.25) is 0 Å². The van der Waals surface area contributed by atoms with Gasteiger partial charge in [0.1, 0.15) is 12.4 Å². The number of carbonyl (C=O) groups excluding carboxylic acids is 1. The molecule has 8 heteroatoms. The third-order valence-corrected chi connectivity index (χ3v) is 3.77. The van der Waals surface area contributed by atoms with Crippen LogP contribution in [0.25, 0.3) is 11.3 Å². The van der Waals surface area contributed by atoms with Gasteiger partial charge in [-0.3, -0.25) is 4.79 Å². The van der Waals surface area contributed by atoms with Crippen LogP contribution in [0.1, 0.15) is 10.4 Å². The van der Waals surface area contributed by atoms with Crippen molar-refractivity contribution in [2.24, 2.45) is 0 Å². The number of rotatable bonds is 7. The minimum atomic E-state index is -1.01. The third kappa shape index (κ3) is 4.82. The van der Waals surface area contributed by atoms with Gasteiger partial charge in [-0.25, -0.2) is 9.78 Å². The summed E-state index contributed by atoms with van der Waals surface area (Å²) in [5.74, 6) is -0.758. The Balaban J connectivity index is 1.89. The Morgan fingerprint density at radius 2 is 1.75 bits per heavy atom. The van der Waals surface area contributed by atoms with Crippen molar-refractivity contribution in [1.82, 2.24) is 9.97 Å². The summed E-state index contributed by atoms with van der Waals surface area (Å²) in [6, 6.07) is 18.0. The van der Waals surface area contributed by atoms with Crippen molar-refractivity contribution in [1.29, 1.82) is 0 Å². The Morgan fingerprint density at radius 3 is 2.39 bits per heavy atom. The first-order valence-corrected chi connectivity index (χ1v) is 8.41. The number of hydrogen-bond acceptors (Lipinski definition) is 7. The van der Waals surface area contributed by atoms with Crippen LogP contribution in [0.5, 0.6) is 0 Å². The van der Waals surface area contributed by atoms with Crippen molar-refractivity contribution < 1.29 is 19.4 Å². The number of aromatic nitrogens is 2. The van der Waals surface area contributed by atoms with E-state index >= 15 is 0 Å². The van der Waals surface area contributed by atoms with E-state index in [9.17, 15) is 9.59 Å². The van der Waals surface area contributed by atoms with Crippen molar-refractivity contribution in [2.45, 2.75) is 0 Å². The molecule has 0 aliphatic carbocycles. The van der Waals surface area contributed by atoms with Crippen LogP contribution >= 0.6 is 0 Å². The normalized spacial score (nSPS) is 10.2. The first kappa shape index (κ1) is 18.8. The van der Waals surface area contributed by atoms with Gasteiger partial charge in [0.05, 0.1) is 18.4 Å². The van der Waals surface area contributed by atoms with E-state index in [1.165, 1.54) is 7.11 Å². The molecule has 1 heterocycles. The standard InChI is InChI=1S/C20H18N4O4/c1-28-19(27)14-7-9-15(10-8-14)22-17-11-16(13-5-3-2-4-6-13)23-20(24-17)21-12-18(25)26/h2-11H,12H2,1H3,(H,25,26)(H2,21,22,23,24). The maximum atomic E-state index is 11.5. The lowest BCUT2D eigenvalue weighted by Crippen LogP contribution is -2.15. The minimum Gasteiger partial charge on any atom is -0.480 e. The predicted molar refractivity (Wildman–Crippen MR) is 105 cm³/mol. The second-order valence-corrected chi connectivity index (χ2v) is 5.77. The van der Waals surface area contributed by atoms with E-state index in [1.807, 2.05) is 30.3 Å². The van der Waals surface area contributed by atoms with Crippen LogP contribution < -0.4 is 10.6 Å². The molecular formula is C20H18N4O4. The molecule has 0 unspecified atom stereocenters. The van der Waals surface area contributed by atoms with E-state index in [0.29, 0.717) is 22.8 Å². The van der Waals surface area contributed by atoms with Gasteiger partial charge in [-0.2, -0.15) is 4.98 Å². The summed E-state index contributed by atoms with van der Waals surface area (Å²) < 4.78 is 4.68. The highest BCUT2D eigenvalue weighted by atomic mass is 16.5. The van der Waals surface area contributed by atoms with Gasteiger partial charge in [0.15, 0.2) is 0 Å². The second kappa shape index (κ2) is 8.63. The molecule has 28 heavy (non-hydrogen) atoms. The van der Waals surface area contributed by atoms with Crippen LogP contribution in [0.15, 0.2) is 60.7 Å². The molecule has 1 aromatic heterocycles. The molecule has 0 aliphatic heterocycles. The topological polar surface area (TPSA) is 113 Å². The van der Waals surface area contributed by atoms with Crippen molar-refractivity contribution in [2.75, 3.05) is 24.3 Å². The molecule has 0 fully saturated rings. The summed E-state index contributed by atoms with van der Waals surface area (Å²) in [6.45, 7) is -0.300. The summed E-state index contributed by atoms with van der Waals surface area (Å²) in [6.07, 6.45) is 0. The minimum absolute atomic E-state index is 0.192. The number of carbonyl (C=O) groups is 2. The number of esters is 1. The number of hydrogen-bond donors (Lipinski definition) is 3. The fraction of sp³-hybridized carbons (Fsp3) is 0.100. The molecule has 0 atom stereocenters. The summed E-state index contributed by atoms with van der Waals surface area (Å²) in [7, 11) is 1.33. The number of nitrogens with one attached hydrogen (secondary N) is 2. The third-order valence-electron chi connectivity index (χ3n) is 3.77. The number of carboxylic acids is 1. The molecule has 0 spiro atoms. The van der Waals surface area contributed by atoms with Crippen molar-refractivity contribution >= 4 is 29.4 Å². The van der Waals surface area contributed by atoms with E-state index in [-0.39, 0.29) is 12.5 Å². The summed E-state index contributed by atoms with van der Waals surface area (Å²) in [4.78, 5) is 31.1. The molecule has 142 valence electrons. The van der Waals surface area contributed by atoms with Crippen molar-refractivity contribution in [3.8, 4) is 11.3 Å². The molecule has 2 aromatic carbocycles. The fourth-order valence-electron chi connectivity index (χ4n) is 2.46. The highest BCUT2D eigenvalue weighted by Crippen LogP contribution is 2.23. The zero-order valence-corrected chi connectivity index (χ0v) is 15.0. The first-order chi connectivity index (χ1) is 13.5. The van der Waals surface area contributed by atoms with Crippen LogP contribution in [0.4, 0.5) is 17.5 Å². The average Bonchev–Trinajstić information content (AvgIpc) is 2.72. The average molecular weight is 378 g/mol. The molecule has 0 bridgehead atoms. The monoisotopic (exact) mass is 378 g/mol. The molecule has 0 saturated heterocycles. The molecule has 0 radical (unpaired) electrons. The number of ether oxygens (including phenoxy) is 1. The summed E-state index contributed by atoms with van der Waals surface area (Å²) >= 11 is 0. The van der Waals surface area contributed by atoms with Gasteiger partial charge in [0.2, 0.25) is 5.95 Å². The van der Waals surface area contributed by atoms with Gasteiger partial charge < -0.3 is 20.5 Å². The highest BCUT2D eigenvalue weighted by molar-refractivity contribution is 5.89. The lowest BCUT2D eigenvalue weighted by atomic mass is 10.1. The maximum absolute atomic E-state index is 11.5. The van der Waals surface area contributed by atoms with Crippen molar-refractivity contribution in [3.05, 3.63) is 66.2 Å². The van der Waals surface area contributed by atoms with E-state index in [2.05, 4.69) is 25.3 Å². The molecule has 3 rings (SSSR count). The number of nitrogens with zero attached hydrogens (tertiary/aromatic N) is 2. The number of methoxy groups -OCH3 is 1. The van der Waals surface area contributed by atoms with Gasteiger partial charge in [-0.1, -0.05) is 30.3 Å². The number of carboxylic acid groups (broad SMARTS) is 1. The smallest absolute Gasteiger partial charge is 0.337 e. The second-order valence-electron chi connectivity index (χ2n) is 5.77. The Hall–Kier alpha value is -3.94. The van der Waals surface area contributed by atoms with Gasteiger partial charge in [-0.05, 0) is 24.3 Å². The Kier molecular flexibility index (Phi) is 5.81. The van der Waals surface area contributed by atoms with E-state index in [1.54, 1.807) is 30.3 Å². The zero-order valence-electron chi connectivity index (χ0n) is 15.0. The van der Waals surface area contributed by atoms with Crippen molar-refractivity contribution in [3.63, 3.8) is 0 Å². The Bertz CT molecular complexity index is 975. The maximum Gasteiger partial charge on any atom is 0.337 e. The number of aliphatic carboxylic acids is 1. The van der Waals surface area contributed by atoms with E-state index < -0.39 is 11.9 Å². The van der Waals surface area contributed by atoms with Crippen LogP contribution in [-0.4, -0.2) is 40.7 Å². The summed E-state index contributed by atoms with van der Waals surface area (Å²) in [5.41, 5.74) is 2.64. The molecule has 3 N–H and O–H groups in total. The van der Waals surface area contributed by atoms with Gasteiger partial charge >= 0.3 is 11.9 Å². The first-order valence-electron chi connectivity index (χ1n) is 8.41. The highest BCUT2D eigenvalue weighted by Gasteiger charge is 2.09. The zero-order chi connectivity index (χ0) is 19.9. The molecule has 0 aliphatic rings. The van der Waals surface area contributed by atoms with E-state index in [0.717, 1.165) is 5.56 Å². The van der Waals surface area contributed by atoms with Gasteiger partial charge in [0.25, 0.3) is 0 Å². The summed E-state index contributed by atoms with van der Waals surface area (Å²) in [5, 5.41) is 14.7. The van der Waals surface area contributed by atoms with Gasteiger partial charge in [-0.15, -0.1) is 0 Å². The lowest BCUT2D eigenvalue weighted by Gasteiger charge is -2.11. The largest absolute Gasteiger partial charge is 0.480 e. The van der Waals surface area contributed by atoms with Crippen LogP contribution in [0, 0.1) is 0 Å². The fourth-order valence-corrected chi connectivity index (χ4v) is 2.46. The van der Waals surface area contributed by atoms with Crippen LogP contribution in [-0.2, 0) is 9.53 Å². The lowest BCUT2D eigenvalue weighted by molar-refractivity contribution is -0.134. The SMILES string of the molecule is COC(=O)c1ccc(Nc2cc(-c3ccccc3)nc(NCC(=O)O)n2)cc1. The molecule has 8 nitrogen and oxygen atoms in total. The number of anilines is 3. The Labute approximate surface area is 161 Å². The quantitative estimate of drug-likeness (QED) is 0.537. The van der Waals surface area contributed by atoms with Crippen LogP contribution in [0.3, 0.4) is 0 Å². The predicted octanol–water partition coefficient (Wildman–Crippen LogP) is 3.17. The van der Waals surface area contributed by atoms with E-state index in [4.69, 9.17) is 5.11 Å². The Morgan fingerprint density at radius 1 is 1.04 bits per heavy atom. The molecular weight excluding hydrogens is 360 g/mol. The molecule has 3 aromatic rings. The van der Waals surface area contributed by atoms with Gasteiger partial charge in [0, 0.05) is 17.3 Å². The molecule has 0 saturated carbocycles. The number of benzene rings is 2.